The van der Waals surface area contributed by atoms with E-state index < -0.39 is 0 Å². The molecule has 0 bridgehead atoms. The molecular formula is C14H26N2. The Morgan fingerprint density at radius 1 is 0.812 bits per heavy atom. The molecule has 0 aromatic carbocycles. The molecule has 0 radical (unpaired) electrons. The van der Waals surface area contributed by atoms with E-state index in [2.05, 4.69) is 4.90 Å². The van der Waals surface area contributed by atoms with Gasteiger partial charge in [0, 0.05) is 12.1 Å². The molecule has 2 heteroatoms. The summed E-state index contributed by atoms with van der Waals surface area (Å²) in [6.45, 7) is 3.55. The minimum Gasteiger partial charge on any atom is -0.329 e. The molecule has 1 aliphatic heterocycles. The van der Waals surface area contributed by atoms with Crippen molar-refractivity contribution < 1.29 is 0 Å². The van der Waals surface area contributed by atoms with E-state index in [1.165, 1.54) is 70.9 Å². The Hall–Kier alpha value is -0.0800. The van der Waals surface area contributed by atoms with Crippen LogP contribution < -0.4 is 5.73 Å². The summed E-state index contributed by atoms with van der Waals surface area (Å²) in [5.41, 5.74) is 7.19. The van der Waals surface area contributed by atoms with Gasteiger partial charge in [0.2, 0.25) is 0 Å². The van der Waals surface area contributed by atoms with Crippen molar-refractivity contribution >= 4 is 0 Å². The standard InChI is InChI=1S/C14H26N2/c15-12-14(6-3-7-14)16-10-8-13(9-11-16)4-1-2-5-13/h1-12,15H2. The predicted molar refractivity (Wildman–Crippen MR) is 67.3 cm³/mol. The van der Waals surface area contributed by atoms with Crippen LogP contribution >= 0.6 is 0 Å². The minimum absolute atomic E-state index is 0.431. The topological polar surface area (TPSA) is 29.3 Å². The maximum absolute atomic E-state index is 6.00. The molecule has 2 nitrogen and oxygen atoms in total. The van der Waals surface area contributed by atoms with Gasteiger partial charge in [0.05, 0.1) is 0 Å². The first-order valence-corrected chi connectivity index (χ1v) is 7.24. The molecule has 3 rings (SSSR count). The van der Waals surface area contributed by atoms with Gasteiger partial charge in [-0.2, -0.15) is 0 Å². The molecule has 0 unspecified atom stereocenters. The lowest BCUT2D eigenvalue weighted by molar-refractivity contribution is -0.0224. The van der Waals surface area contributed by atoms with Crippen molar-refractivity contribution in [1.29, 1.82) is 0 Å². The van der Waals surface area contributed by atoms with Gasteiger partial charge < -0.3 is 5.73 Å². The third-order valence-electron chi connectivity index (χ3n) is 5.82. The maximum Gasteiger partial charge on any atom is 0.0331 e. The fourth-order valence-corrected chi connectivity index (χ4v) is 4.31. The normalized spacial score (nSPS) is 32.8. The molecule has 2 saturated carbocycles. The van der Waals surface area contributed by atoms with Crippen LogP contribution in [0.2, 0.25) is 0 Å². The number of nitrogens with zero attached hydrogens (tertiary/aromatic N) is 1. The average Bonchev–Trinajstić information content (AvgIpc) is 2.69. The Bertz CT molecular complexity index is 236. The van der Waals surface area contributed by atoms with Crippen LogP contribution in [0.25, 0.3) is 0 Å². The van der Waals surface area contributed by atoms with E-state index in [4.69, 9.17) is 5.73 Å². The van der Waals surface area contributed by atoms with Gasteiger partial charge >= 0.3 is 0 Å². The molecule has 1 saturated heterocycles. The number of piperidine rings is 1. The van der Waals surface area contributed by atoms with Gasteiger partial charge in [-0.1, -0.05) is 12.8 Å². The van der Waals surface area contributed by atoms with Crippen LogP contribution in [0.1, 0.15) is 57.8 Å². The van der Waals surface area contributed by atoms with Gasteiger partial charge in [0.15, 0.2) is 0 Å². The Morgan fingerprint density at radius 2 is 1.44 bits per heavy atom. The summed E-state index contributed by atoms with van der Waals surface area (Å²) >= 11 is 0. The van der Waals surface area contributed by atoms with Crippen LogP contribution in [-0.4, -0.2) is 30.1 Å². The quantitative estimate of drug-likeness (QED) is 0.778. The Balaban J connectivity index is 1.61. The minimum atomic E-state index is 0.431. The van der Waals surface area contributed by atoms with Crippen molar-refractivity contribution in [3.63, 3.8) is 0 Å². The Labute approximate surface area is 99.6 Å². The summed E-state index contributed by atoms with van der Waals surface area (Å²) in [5, 5.41) is 0. The second-order valence-corrected chi connectivity index (χ2v) is 6.48. The van der Waals surface area contributed by atoms with Crippen LogP contribution in [0.4, 0.5) is 0 Å². The zero-order valence-corrected chi connectivity index (χ0v) is 10.5. The van der Waals surface area contributed by atoms with E-state index in [1.54, 1.807) is 0 Å². The van der Waals surface area contributed by atoms with Gasteiger partial charge in [-0.25, -0.2) is 0 Å². The smallest absolute Gasteiger partial charge is 0.0331 e. The lowest BCUT2D eigenvalue weighted by Crippen LogP contribution is -2.61. The van der Waals surface area contributed by atoms with Gasteiger partial charge in [0.25, 0.3) is 0 Å². The first kappa shape index (κ1) is 11.0. The van der Waals surface area contributed by atoms with E-state index in [9.17, 15) is 0 Å². The van der Waals surface area contributed by atoms with E-state index in [0.717, 1.165) is 12.0 Å². The largest absolute Gasteiger partial charge is 0.329 e. The highest BCUT2D eigenvalue weighted by molar-refractivity contribution is 5.02. The summed E-state index contributed by atoms with van der Waals surface area (Å²) < 4.78 is 0. The molecule has 3 aliphatic rings. The monoisotopic (exact) mass is 222 g/mol. The number of likely N-dealkylation sites (tertiary alicyclic amines) is 1. The molecule has 3 fully saturated rings. The van der Waals surface area contributed by atoms with Gasteiger partial charge in [-0.3, -0.25) is 4.90 Å². The molecule has 0 aromatic heterocycles. The Kier molecular flexibility index (Phi) is 2.75. The van der Waals surface area contributed by atoms with Gasteiger partial charge in [-0.05, 0) is 63.5 Å². The van der Waals surface area contributed by atoms with Crippen LogP contribution in [0.15, 0.2) is 0 Å². The second kappa shape index (κ2) is 3.99. The van der Waals surface area contributed by atoms with E-state index in [1.807, 2.05) is 0 Å². The summed E-state index contributed by atoms with van der Waals surface area (Å²) in [6.07, 6.45) is 13.0. The zero-order valence-electron chi connectivity index (χ0n) is 10.5. The van der Waals surface area contributed by atoms with Crippen molar-refractivity contribution in [1.82, 2.24) is 4.90 Å². The molecule has 0 atom stereocenters. The van der Waals surface area contributed by atoms with Crippen molar-refractivity contribution in [3.8, 4) is 0 Å². The fourth-order valence-electron chi connectivity index (χ4n) is 4.31. The summed E-state index contributed by atoms with van der Waals surface area (Å²) in [5.74, 6) is 0. The first-order chi connectivity index (χ1) is 7.79. The molecule has 2 aliphatic carbocycles. The Morgan fingerprint density at radius 3 is 1.88 bits per heavy atom. The van der Waals surface area contributed by atoms with E-state index in [0.29, 0.717) is 5.54 Å². The fraction of sp³-hybridized carbons (Fsp3) is 1.00. The van der Waals surface area contributed by atoms with Crippen molar-refractivity contribution in [3.05, 3.63) is 0 Å². The lowest BCUT2D eigenvalue weighted by Gasteiger charge is -2.54. The van der Waals surface area contributed by atoms with E-state index >= 15 is 0 Å². The van der Waals surface area contributed by atoms with Crippen LogP contribution in [0.5, 0.6) is 0 Å². The SMILES string of the molecule is NCC1(N2CCC3(CCCC3)CC2)CCC1. The third-order valence-corrected chi connectivity index (χ3v) is 5.82. The first-order valence-electron chi connectivity index (χ1n) is 7.24. The molecule has 2 N–H and O–H groups in total. The van der Waals surface area contributed by atoms with Gasteiger partial charge in [-0.15, -0.1) is 0 Å². The number of hydrogen-bond acceptors (Lipinski definition) is 2. The number of hydrogen-bond donors (Lipinski definition) is 1. The summed E-state index contributed by atoms with van der Waals surface area (Å²) in [4.78, 5) is 2.74. The summed E-state index contributed by atoms with van der Waals surface area (Å²) in [6, 6.07) is 0. The predicted octanol–water partition coefficient (Wildman–Crippen LogP) is 2.52. The number of nitrogens with two attached hydrogens (primary N) is 1. The molecule has 1 spiro atoms. The van der Waals surface area contributed by atoms with Crippen molar-refractivity contribution in [2.24, 2.45) is 11.1 Å². The average molecular weight is 222 g/mol. The molecule has 1 heterocycles. The molecule has 0 amide bonds. The molecular weight excluding hydrogens is 196 g/mol. The highest BCUT2D eigenvalue weighted by Gasteiger charge is 2.45. The highest BCUT2D eigenvalue weighted by Crippen LogP contribution is 2.48. The van der Waals surface area contributed by atoms with Crippen LogP contribution in [-0.2, 0) is 0 Å². The highest BCUT2D eigenvalue weighted by atomic mass is 15.2. The second-order valence-electron chi connectivity index (χ2n) is 6.48. The third kappa shape index (κ3) is 1.62. The number of rotatable bonds is 2. The van der Waals surface area contributed by atoms with Crippen LogP contribution in [0, 0.1) is 5.41 Å². The van der Waals surface area contributed by atoms with Crippen LogP contribution in [0.3, 0.4) is 0 Å². The van der Waals surface area contributed by atoms with Crippen molar-refractivity contribution in [2.45, 2.75) is 63.3 Å². The molecule has 16 heavy (non-hydrogen) atoms. The lowest BCUT2D eigenvalue weighted by atomic mass is 9.71. The summed E-state index contributed by atoms with van der Waals surface area (Å²) in [7, 11) is 0. The van der Waals surface area contributed by atoms with E-state index in [-0.39, 0.29) is 0 Å². The molecule has 0 aromatic rings. The maximum atomic E-state index is 6.00. The van der Waals surface area contributed by atoms with Gasteiger partial charge in [0.1, 0.15) is 0 Å². The zero-order chi connectivity index (χ0) is 11.1. The van der Waals surface area contributed by atoms with Crippen molar-refractivity contribution in [2.75, 3.05) is 19.6 Å². The molecule has 92 valence electrons.